The SMILES string of the molecule is CCC(=O)N(C)C(C)C(=O)OC1CC(=O)N(C)c2cc(cc(OC)c2Cl)CC(CBr)=C/C=C/C(OC)C2(O)CC(OC(=O)N2)C(C)C2OC12C. The fourth-order valence-electron chi connectivity index (χ4n) is 6.47. The van der Waals surface area contributed by atoms with E-state index in [2.05, 4.69) is 21.2 Å². The molecule has 8 atom stereocenters. The van der Waals surface area contributed by atoms with E-state index in [0.29, 0.717) is 23.2 Å². The molecule has 3 aliphatic heterocycles. The Morgan fingerprint density at radius 3 is 2.60 bits per heavy atom. The zero-order valence-electron chi connectivity index (χ0n) is 29.7. The molecule has 2 fully saturated rings. The third-order valence-electron chi connectivity index (χ3n) is 9.90. The van der Waals surface area contributed by atoms with Gasteiger partial charge in [0.1, 0.15) is 40.7 Å². The first kappa shape index (κ1) is 39.6. The van der Waals surface area contributed by atoms with Gasteiger partial charge in [0.15, 0.2) is 5.72 Å². The predicted octanol–water partition coefficient (Wildman–Crippen LogP) is 4.30. The number of likely N-dealkylation sites (N-methyl/N-ethyl adjacent to an activating group) is 1. The highest BCUT2D eigenvalue weighted by Crippen LogP contribution is 2.49. The molecule has 4 rings (SSSR count). The van der Waals surface area contributed by atoms with Crippen molar-refractivity contribution in [2.75, 3.05) is 38.5 Å². The number of ether oxygens (including phenoxy) is 5. The second kappa shape index (κ2) is 16.0. The molecule has 50 heavy (non-hydrogen) atoms. The van der Waals surface area contributed by atoms with E-state index in [0.717, 1.165) is 11.1 Å². The number of methoxy groups -OCH3 is 2. The Morgan fingerprint density at radius 1 is 1.28 bits per heavy atom. The number of carbonyl (C=O) groups excluding carboxylic acids is 4. The van der Waals surface area contributed by atoms with Gasteiger partial charge in [0, 0.05) is 45.3 Å². The average molecular weight is 785 g/mol. The summed E-state index contributed by atoms with van der Waals surface area (Å²) in [4.78, 5) is 55.4. The van der Waals surface area contributed by atoms with E-state index in [1.165, 1.54) is 31.1 Å². The number of alkyl halides is 1. The van der Waals surface area contributed by atoms with E-state index >= 15 is 0 Å². The first-order valence-corrected chi connectivity index (χ1v) is 18.0. The van der Waals surface area contributed by atoms with E-state index in [-0.39, 0.29) is 30.2 Å². The van der Waals surface area contributed by atoms with Gasteiger partial charge < -0.3 is 38.6 Å². The molecule has 1 aromatic rings. The van der Waals surface area contributed by atoms with Gasteiger partial charge in [0.05, 0.1) is 25.3 Å². The topological polar surface area (TPSA) is 156 Å². The molecule has 1 aromatic carbocycles. The van der Waals surface area contributed by atoms with Crippen molar-refractivity contribution in [1.82, 2.24) is 10.2 Å². The van der Waals surface area contributed by atoms with E-state index in [1.807, 2.05) is 6.08 Å². The summed E-state index contributed by atoms with van der Waals surface area (Å²) < 4.78 is 29.1. The number of amides is 3. The number of hydrogen-bond acceptors (Lipinski definition) is 10. The molecular formula is C35H47BrClN3O10. The van der Waals surface area contributed by atoms with E-state index in [4.69, 9.17) is 35.3 Å². The van der Waals surface area contributed by atoms with Crippen molar-refractivity contribution in [3.63, 3.8) is 0 Å². The molecule has 276 valence electrons. The van der Waals surface area contributed by atoms with Gasteiger partial charge in [0.25, 0.3) is 0 Å². The first-order chi connectivity index (χ1) is 23.5. The fourth-order valence-corrected chi connectivity index (χ4v) is 7.17. The quantitative estimate of drug-likeness (QED) is 0.232. The number of rotatable bonds is 7. The van der Waals surface area contributed by atoms with E-state index < -0.39 is 65.7 Å². The van der Waals surface area contributed by atoms with Crippen LogP contribution < -0.4 is 15.0 Å². The number of hydrogen-bond donors (Lipinski definition) is 2. The van der Waals surface area contributed by atoms with E-state index in [1.54, 1.807) is 59.0 Å². The monoisotopic (exact) mass is 783 g/mol. The molecule has 15 heteroatoms. The molecule has 2 saturated heterocycles. The number of allylic oxidation sites excluding steroid dienone is 3. The second-order valence-corrected chi connectivity index (χ2v) is 14.1. The van der Waals surface area contributed by atoms with Crippen molar-refractivity contribution in [1.29, 1.82) is 0 Å². The summed E-state index contributed by atoms with van der Waals surface area (Å²) in [6, 6.07) is 2.63. The molecule has 2 N–H and O–H groups in total. The van der Waals surface area contributed by atoms with Crippen LogP contribution in [-0.2, 0) is 39.8 Å². The summed E-state index contributed by atoms with van der Waals surface area (Å²) in [5.74, 6) is -1.56. The van der Waals surface area contributed by atoms with Crippen LogP contribution in [0.5, 0.6) is 5.75 Å². The van der Waals surface area contributed by atoms with Gasteiger partial charge in [-0.3, -0.25) is 14.9 Å². The molecule has 4 bridgehead atoms. The molecule has 3 aliphatic rings. The lowest BCUT2D eigenvalue weighted by atomic mass is 9.83. The van der Waals surface area contributed by atoms with Crippen LogP contribution >= 0.6 is 27.5 Å². The molecule has 3 amide bonds. The maximum absolute atomic E-state index is 14.1. The number of halogens is 2. The molecule has 0 spiro atoms. The Morgan fingerprint density at radius 2 is 1.98 bits per heavy atom. The summed E-state index contributed by atoms with van der Waals surface area (Å²) in [7, 11) is 6.00. The summed E-state index contributed by atoms with van der Waals surface area (Å²) in [5, 5.41) is 15.0. The van der Waals surface area contributed by atoms with Gasteiger partial charge in [0.2, 0.25) is 11.8 Å². The Balaban J connectivity index is 1.81. The predicted molar refractivity (Wildman–Crippen MR) is 189 cm³/mol. The second-order valence-electron chi connectivity index (χ2n) is 13.2. The van der Waals surface area contributed by atoms with E-state index in [9.17, 15) is 24.3 Å². The largest absolute Gasteiger partial charge is 0.495 e. The Hall–Kier alpha value is -3.17. The van der Waals surface area contributed by atoms with Crippen molar-refractivity contribution in [2.24, 2.45) is 5.92 Å². The normalized spacial score (nSPS) is 31.3. The zero-order chi connectivity index (χ0) is 37.1. The average Bonchev–Trinajstić information content (AvgIpc) is 3.79. The number of alkyl carbamates (subject to hydrolysis) is 1. The van der Waals surface area contributed by atoms with Gasteiger partial charge in [-0.25, -0.2) is 9.59 Å². The van der Waals surface area contributed by atoms with Crippen LogP contribution in [0, 0.1) is 5.92 Å². The highest BCUT2D eigenvalue weighted by Gasteiger charge is 2.64. The summed E-state index contributed by atoms with van der Waals surface area (Å²) in [6.07, 6.45) is 1.15. The number of esters is 1. The van der Waals surface area contributed by atoms with Crippen LogP contribution in [0.4, 0.5) is 10.5 Å². The number of nitrogens with zero attached hydrogens (tertiary/aromatic N) is 2. The van der Waals surface area contributed by atoms with Crippen LogP contribution in [0.2, 0.25) is 5.02 Å². The van der Waals surface area contributed by atoms with Gasteiger partial charge in [-0.05, 0) is 38.0 Å². The summed E-state index contributed by atoms with van der Waals surface area (Å²) >= 11 is 10.3. The number of epoxide rings is 1. The van der Waals surface area contributed by atoms with Gasteiger partial charge in [-0.15, -0.1) is 0 Å². The molecule has 0 radical (unpaired) electrons. The lowest BCUT2D eigenvalue weighted by Crippen LogP contribution is -2.63. The standard InChI is InChI=1S/C35H47BrClN3O10/c1-9-28(41)39(5)20(3)32(43)49-27-16-29(42)40(6)23-14-22(15-24(46-7)30(23)37)13-21(18-36)11-10-12-26(47-8)35(45)17-25(48-33(44)38-35)19(2)31-34(27,4)50-31/h10-12,14-15,19-20,25-27,31,45H,9,13,16-18H2,1-8H3,(H,38,44)/b12-10+,21-11?. The van der Waals surface area contributed by atoms with Crippen molar-refractivity contribution in [2.45, 2.75) is 95.2 Å². The summed E-state index contributed by atoms with van der Waals surface area (Å²) in [6.45, 7) is 6.75. The van der Waals surface area contributed by atoms with Crippen molar-refractivity contribution < 1.29 is 48.0 Å². The minimum absolute atomic E-state index is 0.0507. The number of fused-ring (bicyclic) bond motifs is 5. The summed E-state index contributed by atoms with van der Waals surface area (Å²) in [5.41, 5.74) is -0.905. The lowest BCUT2D eigenvalue weighted by Gasteiger charge is -2.42. The smallest absolute Gasteiger partial charge is 0.409 e. The number of nitrogens with one attached hydrogen (secondary N) is 1. The van der Waals surface area contributed by atoms with Crippen LogP contribution in [0.3, 0.4) is 0 Å². The molecule has 13 nitrogen and oxygen atoms in total. The molecule has 3 heterocycles. The third-order valence-corrected chi connectivity index (χ3v) is 11.0. The Labute approximate surface area is 306 Å². The van der Waals surface area contributed by atoms with Crippen LogP contribution in [0.1, 0.15) is 52.5 Å². The zero-order valence-corrected chi connectivity index (χ0v) is 32.0. The maximum atomic E-state index is 14.1. The minimum atomic E-state index is -1.83. The van der Waals surface area contributed by atoms with Crippen molar-refractivity contribution >= 4 is 57.1 Å². The minimum Gasteiger partial charge on any atom is -0.495 e. The van der Waals surface area contributed by atoms with Crippen LogP contribution in [0.25, 0.3) is 0 Å². The number of carbonyl (C=O) groups is 4. The first-order valence-electron chi connectivity index (χ1n) is 16.5. The molecule has 0 saturated carbocycles. The van der Waals surface area contributed by atoms with Crippen LogP contribution in [-0.4, -0.2) is 109 Å². The van der Waals surface area contributed by atoms with Gasteiger partial charge in [-0.2, -0.15) is 0 Å². The highest BCUT2D eigenvalue weighted by atomic mass is 79.9. The Bertz CT molecular complexity index is 1540. The Kier molecular flexibility index (Phi) is 12.7. The van der Waals surface area contributed by atoms with Crippen molar-refractivity contribution in [3.05, 3.63) is 46.5 Å². The molecule has 0 aromatic heterocycles. The number of anilines is 1. The molecule has 0 aliphatic carbocycles. The molecule has 8 unspecified atom stereocenters. The molecular weight excluding hydrogens is 738 g/mol. The van der Waals surface area contributed by atoms with Gasteiger partial charge in [-0.1, -0.05) is 65.2 Å². The number of benzene rings is 1. The van der Waals surface area contributed by atoms with Crippen molar-refractivity contribution in [3.8, 4) is 5.75 Å². The third kappa shape index (κ3) is 8.31. The van der Waals surface area contributed by atoms with Gasteiger partial charge >= 0.3 is 12.1 Å². The lowest BCUT2D eigenvalue weighted by molar-refractivity contribution is -0.162. The van der Waals surface area contributed by atoms with Crippen LogP contribution in [0.15, 0.2) is 35.9 Å². The fraction of sp³-hybridized carbons (Fsp3) is 0.600. The maximum Gasteiger partial charge on any atom is 0.409 e. The number of aliphatic hydroxyl groups is 1. The highest BCUT2D eigenvalue weighted by molar-refractivity contribution is 9.09.